The first-order valence-electron chi connectivity index (χ1n) is 3.84. The van der Waals surface area contributed by atoms with Gasteiger partial charge in [0.05, 0.1) is 0 Å². The molecule has 1 heterocycles. The lowest BCUT2D eigenvalue weighted by molar-refractivity contribution is -0.118. The van der Waals surface area contributed by atoms with Crippen molar-refractivity contribution in [2.75, 3.05) is 11.9 Å². The van der Waals surface area contributed by atoms with Crippen LogP contribution in [0.2, 0.25) is 0 Å². The van der Waals surface area contributed by atoms with Gasteiger partial charge in [-0.25, -0.2) is 0 Å². The summed E-state index contributed by atoms with van der Waals surface area (Å²) in [5.41, 5.74) is 7.54. The van der Waals surface area contributed by atoms with E-state index in [1.807, 2.05) is 24.3 Å². The van der Waals surface area contributed by atoms with Crippen LogP contribution < -0.4 is 10.6 Å². The van der Waals surface area contributed by atoms with Crippen LogP contribution in [0.4, 0.5) is 5.69 Å². The number of amides is 1. The van der Waals surface area contributed by atoms with Crippen LogP contribution in [0.15, 0.2) is 24.3 Å². The predicted molar refractivity (Wildman–Crippen MR) is 57.6 cm³/mol. The molecule has 0 saturated heterocycles. The topological polar surface area (TPSA) is 77.8 Å². The van der Waals surface area contributed by atoms with E-state index >= 15 is 0 Å². The number of benzene rings is 1. The molecule has 0 fully saturated rings. The molecule has 1 amide bonds. The molecule has 1 aromatic rings. The molecular formula is C9H13ClN2O2. The Morgan fingerprint density at radius 3 is 2.50 bits per heavy atom. The molecule has 2 rings (SSSR count). The highest BCUT2D eigenvalue weighted by Crippen LogP contribution is 2.32. The van der Waals surface area contributed by atoms with Gasteiger partial charge in [-0.2, -0.15) is 0 Å². The number of hydrogen-bond acceptors (Lipinski definition) is 2. The monoisotopic (exact) mass is 216 g/mol. The largest absolute Gasteiger partial charge is 0.412 e. The summed E-state index contributed by atoms with van der Waals surface area (Å²) in [5, 5.41) is 0. The zero-order chi connectivity index (χ0) is 8.72. The second-order valence-corrected chi connectivity index (χ2v) is 2.93. The highest BCUT2D eigenvalue weighted by atomic mass is 35.5. The average Bonchev–Trinajstić information content (AvgIpc) is 2.33. The molecule has 0 bridgehead atoms. The number of carbonyl (C=O) groups excluding carboxylic acids is 1. The van der Waals surface area contributed by atoms with Crippen molar-refractivity contribution >= 4 is 24.0 Å². The summed E-state index contributed by atoms with van der Waals surface area (Å²) in [4.78, 5) is 13.0. The fourth-order valence-electron chi connectivity index (χ4n) is 1.52. The maximum atomic E-state index is 11.4. The molecule has 1 aromatic carbocycles. The SMILES string of the molecule is CN1C(=O)C(N)c2ccccc21.Cl.O. The number of nitrogens with two attached hydrogens (primary N) is 1. The van der Waals surface area contributed by atoms with Gasteiger partial charge in [0.25, 0.3) is 0 Å². The minimum Gasteiger partial charge on any atom is -0.412 e. The summed E-state index contributed by atoms with van der Waals surface area (Å²) in [7, 11) is 1.74. The van der Waals surface area contributed by atoms with Crippen molar-refractivity contribution in [1.29, 1.82) is 0 Å². The second-order valence-electron chi connectivity index (χ2n) is 2.93. The van der Waals surface area contributed by atoms with Crippen LogP contribution in [-0.4, -0.2) is 18.4 Å². The van der Waals surface area contributed by atoms with Crippen molar-refractivity contribution in [2.45, 2.75) is 6.04 Å². The summed E-state index contributed by atoms with van der Waals surface area (Å²) in [6, 6.07) is 7.12. The zero-order valence-corrected chi connectivity index (χ0v) is 8.54. The van der Waals surface area contributed by atoms with Crippen molar-refractivity contribution in [1.82, 2.24) is 0 Å². The number of nitrogens with zero attached hydrogens (tertiary/aromatic N) is 1. The van der Waals surface area contributed by atoms with E-state index < -0.39 is 6.04 Å². The molecule has 5 heteroatoms. The molecule has 1 unspecified atom stereocenters. The molecule has 0 radical (unpaired) electrons. The van der Waals surface area contributed by atoms with Gasteiger partial charge in [0.15, 0.2) is 0 Å². The molecule has 1 aliphatic rings. The fourth-order valence-corrected chi connectivity index (χ4v) is 1.52. The zero-order valence-electron chi connectivity index (χ0n) is 7.73. The molecular weight excluding hydrogens is 204 g/mol. The van der Waals surface area contributed by atoms with E-state index in [0.29, 0.717) is 0 Å². The molecule has 1 atom stereocenters. The summed E-state index contributed by atoms with van der Waals surface area (Å²) in [6.07, 6.45) is 0. The molecule has 4 nitrogen and oxygen atoms in total. The number of fused-ring (bicyclic) bond motifs is 1. The van der Waals surface area contributed by atoms with E-state index in [1.54, 1.807) is 11.9 Å². The van der Waals surface area contributed by atoms with Gasteiger partial charge in [-0.3, -0.25) is 4.79 Å². The Morgan fingerprint density at radius 1 is 1.36 bits per heavy atom. The van der Waals surface area contributed by atoms with Gasteiger partial charge in [-0.1, -0.05) is 18.2 Å². The lowest BCUT2D eigenvalue weighted by atomic mass is 10.1. The highest BCUT2D eigenvalue weighted by molar-refractivity contribution is 6.03. The number of likely N-dealkylation sites (N-methyl/N-ethyl adjacent to an activating group) is 1. The van der Waals surface area contributed by atoms with Crippen molar-refractivity contribution in [3.8, 4) is 0 Å². The number of halogens is 1. The van der Waals surface area contributed by atoms with E-state index in [4.69, 9.17) is 5.73 Å². The van der Waals surface area contributed by atoms with Crippen molar-refractivity contribution in [2.24, 2.45) is 5.73 Å². The quantitative estimate of drug-likeness (QED) is 0.675. The molecule has 1 aliphatic heterocycles. The number of para-hydroxylation sites is 1. The lowest BCUT2D eigenvalue weighted by Crippen LogP contribution is -2.27. The van der Waals surface area contributed by atoms with Gasteiger partial charge in [-0.15, -0.1) is 12.4 Å². The maximum absolute atomic E-state index is 11.4. The molecule has 78 valence electrons. The van der Waals surface area contributed by atoms with Crippen molar-refractivity contribution < 1.29 is 10.3 Å². The van der Waals surface area contributed by atoms with Gasteiger partial charge >= 0.3 is 0 Å². The molecule has 0 saturated carbocycles. The van der Waals surface area contributed by atoms with Crippen LogP contribution in [0.5, 0.6) is 0 Å². The Labute approximate surface area is 88.4 Å². The summed E-state index contributed by atoms with van der Waals surface area (Å²) >= 11 is 0. The Balaban J connectivity index is 0.000000845. The third kappa shape index (κ3) is 1.59. The van der Waals surface area contributed by atoms with Gasteiger partial charge in [0.1, 0.15) is 6.04 Å². The van der Waals surface area contributed by atoms with Crippen LogP contribution in [0, 0.1) is 0 Å². The van der Waals surface area contributed by atoms with Crippen LogP contribution in [0.25, 0.3) is 0 Å². The minimum atomic E-state index is -0.466. The first kappa shape index (κ1) is 12.9. The normalized spacial score (nSPS) is 18.3. The summed E-state index contributed by atoms with van der Waals surface area (Å²) in [6.45, 7) is 0. The molecule has 4 N–H and O–H groups in total. The van der Waals surface area contributed by atoms with E-state index in [9.17, 15) is 4.79 Å². The van der Waals surface area contributed by atoms with Crippen molar-refractivity contribution in [3.63, 3.8) is 0 Å². The first-order valence-corrected chi connectivity index (χ1v) is 3.84. The standard InChI is InChI=1S/C9H10N2O.ClH.H2O/c1-11-7-5-3-2-4-6(7)8(10)9(11)12;;/h2-5,8H,10H2,1H3;1H;1H2. The number of anilines is 1. The van der Waals surface area contributed by atoms with E-state index in [-0.39, 0.29) is 23.8 Å². The van der Waals surface area contributed by atoms with Crippen LogP contribution in [0.3, 0.4) is 0 Å². The Bertz CT molecular complexity index is 312. The van der Waals surface area contributed by atoms with Crippen LogP contribution >= 0.6 is 12.4 Å². The number of hydrogen-bond donors (Lipinski definition) is 1. The third-order valence-electron chi connectivity index (χ3n) is 2.23. The average molecular weight is 217 g/mol. The summed E-state index contributed by atoms with van der Waals surface area (Å²) in [5.74, 6) is -0.0313. The third-order valence-corrected chi connectivity index (χ3v) is 2.23. The van der Waals surface area contributed by atoms with Crippen LogP contribution in [0.1, 0.15) is 11.6 Å². The highest BCUT2D eigenvalue weighted by Gasteiger charge is 2.31. The smallest absolute Gasteiger partial charge is 0.248 e. The molecule has 0 aromatic heterocycles. The number of carbonyl (C=O) groups is 1. The predicted octanol–water partition coefficient (Wildman–Crippen LogP) is 0.260. The summed E-state index contributed by atoms with van der Waals surface area (Å²) < 4.78 is 0. The van der Waals surface area contributed by atoms with Gasteiger partial charge in [0.2, 0.25) is 5.91 Å². The molecule has 14 heavy (non-hydrogen) atoms. The first-order chi connectivity index (χ1) is 5.72. The fraction of sp³-hybridized carbons (Fsp3) is 0.222. The minimum absolute atomic E-state index is 0. The van der Waals surface area contributed by atoms with Gasteiger partial charge in [0, 0.05) is 18.3 Å². The second kappa shape index (κ2) is 4.41. The molecule has 0 aliphatic carbocycles. The Kier molecular flexibility index (Phi) is 4.07. The Morgan fingerprint density at radius 2 is 1.93 bits per heavy atom. The van der Waals surface area contributed by atoms with Gasteiger partial charge in [-0.05, 0) is 6.07 Å². The van der Waals surface area contributed by atoms with Crippen molar-refractivity contribution in [3.05, 3.63) is 29.8 Å². The van der Waals surface area contributed by atoms with Crippen LogP contribution in [-0.2, 0) is 4.79 Å². The lowest BCUT2D eigenvalue weighted by Gasteiger charge is -2.08. The maximum Gasteiger partial charge on any atom is 0.248 e. The number of rotatable bonds is 0. The van der Waals surface area contributed by atoms with E-state index in [0.717, 1.165) is 11.3 Å². The molecule has 0 spiro atoms. The van der Waals surface area contributed by atoms with E-state index in [1.165, 1.54) is 0 Å². The Hall–Kier alpha value is -1.10. The van der Waals surface area contributed by atoms with Gasteiger partial charge < -0.3 is 16.1 Å². The van der Waals surface area contributed by atoms with E-state index in [2.05, 4.69) is 0 Å².